The van der Waals surface area contributed by atoms with E-state index in [9.17, 15) is 0 Å². The molecule has 0 fully saturated rings. The molecule has 5 heavy (non-hydrogen) atoms. The Bertz CT molecular complexity index is 11.5. The van der Waals surface area contributed by atoms with Crippen LogP contribution < -0.4 is 29.6 Å². The van der Waals surface area contributed by atoms with Gasteiger partial charge < -0.3 is 1.43 Å². The van der Waals surface area contributed by atoms with Gasteiger partial charge in [-0.1, -0.05) is 0 Å². The van der Waals surface area contributed by atoms with Crippen molar-refractivity contribution in [3.63, 3.8) is 0 Å². The maximum atomic E-state index is 6.83. The minimum atomic E-state index is 0. The fraction of sp³-hybridized carbons (Fsp3) is 0. The molecule has 2 nitrogen and oxygen atoms in total. The quantitative estimate of drug-likeness (QED) is 0.237. The summed E-state index contributed by atoms with van der Waals surface area (Å²) in [5.74, 6) is 0. The molecule has 0 aliphatic rings. The molecular formula is H3Cl2NaO2. The Morgan fingerprint density at radius 1 is 1.80 bits per heavy atom. The molecule has 0 heterocycles. The van der Waals surface area contributed by atoms with Crippen molar-refractivity contribution in [2.75, 3.05) is 0 Å². The largest absolute Gasteiger partial charge is 1.00 e. The maximum Gasteiger partial charge on any atom is 1.00 e. The zero-order valence-electron chi connectivity index (χ0n) is 3.64. The van der Waals surface area contributed by atoms with Gasteiger partial charge in [-0.15, -0.1) is 16.8 Å². The minimum absolute atomic E-state index is 0. The van der Waals surface area contributed by atoms with E-state index < -0.39 is 0 Å². The van der Waals surface area contributed by atoms with E-state index in [-0.39, 0.29) is 43.4 Å². The summed E-state index contributed by atoms with van der Waals surface area (Å²) in [6.45, 7) is 0. The summed E-state index contributed by atoms with van der Waals surface area (Å²) < 4.78 is 2.72. The SMILES string of the molecule is Cl.OOCl.[H-].[Na+]. The third kappa shape index (κ3) is 29.9. The zero-order chi connectivity index (χ0) is 2.71. The van der Waals surface area contributed by atoms with Crippen molar-refractivity contribution in [3.05, 3.63) is 0 Å². The van der Waals surface area contributed by atoms with Gasteiger partial charge in [0.2, 0.25) is 0 Å². The monoisotopic (exact) mass is 128 g/mol. The van der Waals surface area contributed by atoms with Crippen LogP contribution in [0.25, 0.3) is 0 Å². The Balaban J connectivity index is -0.00000000667. The number of hydrogen-bond acceptors (Lipinski definition) is 2. The molecule has 0 amide bonds. The summed E-state index contributed by atoms with van der Waals surface area (Å²) in [6.07, 6.45) is 0. The third-order valence-electron chi connectivity index (χ3n) is 0. The van der Waals surface area contributed by atoms with Crippen LogP contribution >= 0.6 is 24.3 Å². The average molecular weight is 129 g/mol. The second-order valence-corrected chi connectivity index (χ2v) is 0.207. The molecular weight excluding hydrogens is 126 g/mol. The van der Waals surface area contributed by atoms with Gasteiger partial charge in [0.25, 0.3) is 0 Å². The molecule has 0 aromatic heterocycles. The van der Waals surface area contributed by atoms with E-state index in [0.717, 1.165) is 0 Å². The first kappa shape index (κ1) is 16.1. The van der Waals surface area contributed by atoms with Crippen molar-refractivity contribution in [1.29, 1.82) is 0 Å². The number of hydrogen-bond donors (Lipinski definition) is 1. The third-order valence-corrected chi connectivity index (χ3v) is 0. The first-order valence-corrected chi connectivity index (χ1v) is 0.645. The van der Waals surface area contributed by atoms with Crippen LogP contribution in [-0.2, 0) is 4.44 Å². The van der Waals surface area contributed by atoms with Gasteiger partial charge in [0, 0.05) is 0 Å². The van der Waals surface area contributed by atoms with E-state index in [1.54, 1.807) is 0 Å². The van der Waals surface area contributed by atoms with Crippen LogP contribution in [0.3, 0.4) is 0 Å². The summed E-state index contributed by atoms with van der Waals surface area (Å²) in [5.41, 5.74) is 0. The fourth-order valence-corrected chi connectivity index (χ4v) is 0. The molecule has 0 unspecified atom stereocenters. The van der Waals surface area contributed by atoms with Gasteiger partial charge in [0.1, 0.15) is 0 Å². The van der Waals surface area contributed by atoms with Gasteiger partial charge in [0.05, 0.1) is 11.9 Å². The molecule has 0 saturated heterocycles. The molecule has 0 bridgehead atoms. The van der Waals surface area contributed by atoms with E-state index in [0.29, 0.717) is 0 Å². The van der Waals surface area contributed by atoms with E-state index in [2.05, 4.69) is 16.3 Å². The average Bonchev–Trinajstić information content (AvgIpc) is 0.918. The number of halogens is 2. The van der Waals surface area contributed by atoms with E-state index in [4.69, 9.17) is 5.26 Å². The fourth-order valence-electron chi connectivity index (χ4n) is 0. The Labute approximate surface area is 64.7 Å². The maximum absolute atomic E-state index is 6.83. The first-order chi connectivity index (χ1) is 1.41. The van der Waals surface area contributed by atoms with Crippen molar-refractivity contribution in [2.24, 2.45) is 0 Å². The van der Waals surface area contributed by atoms with Gasteiger partial charge in [-0.25, -0.2) is 5.26 Å². The smallest absolute Gasteiger partial charge is 1.00 e. The Morgan fingerprint density at radius 2 is 1.80 bits per heavy atom. The minimum Gasteiger partial charge on any atom is -1.00 e. The summed E-state index contributed by atoms with van der Waals surface area (Å²) in [7, 11) is 0. The van der Waals surface area contributed by atoms with Gasteiger partial charge in [-0.3, -0.25) is 0 Å². The molecule has 0 rings (SSSR count). The number of rotatable bonds is 0. The van der Waals surface area contributed by atoms with Crippen molar-refractivity contribution >= 4 is 24.3 Å². The predicted octanol–water partition coefficient (Wildman–Crippen LogP) is -1.83. The van der Waals surface area contributed by atoms with E-state index in [1.807, 2.05) is 0 Å². The van der Waals surface area contributed by atoms with Crippen LogP contribution in [0.4, 0.5) is 0 Å². The molecule has 0 aromatic carbocycles. The molecule has 0 saturated carbocycles. The second kappa shape index (κ2) is 17.8. The molecule has 0 radical (unpaired) electrons. The van der Waals surface area contributed by atoms with Crippen molar-refractivity contribution < 1.29 is 40.7 Å². The Morgan fingerprint density at radius 3 is 1.80 bits per heavy atom. The topological polar surface area (TPSA) is 29.5 Å². The molecule has 0 aliphatic carbocycles. The predicted molar refractivity (Wildman–Crippen MR) is 17.9 cm³/mol. The van der Waals surface area contributed by atoms with Crippen LogP contribution in [-0.4, -0.2) is 5.26 Å². The van der Waals surface area contributed by atoms with Crippen molar-refractivity contribution in [1.82, 2.24) is 0 Å². The van der Waals surface area contributed by atoms with Gasteiger partial charge >= 0.3 is 29.6 Å². The molecule has 5 heteroatoms. The van der Waals surface area contributed by atoms with E-state index >= 15 is 0 Å². The Hall–Kier alpha value is 1.50. The summed E-state index contributed by atoms with van der Waals surface area (Å²) in [5, 5.41) is 6.83. The first-order valence-electron chi connectivity index (χ1n) is 0.337. The second-order valence-electron chi connectivity index (χ2n) is 0.0690. The molecule has 0 aromatic rings. The Kier molecular flexibility index (Phi) is 57.2. The summed E-state index contributed by atoms with van der Waals surface area (Å²) in [6, 6.07) is 0. The summed E-state index contributed by atoms with van der Waals surface area (Å²) in [4.78, 5) is 0. The van der Waals surface area contributed by atoms with Gasteiger partial charge in [-0.2, -0.15) is 0 Å². The zero-order valence-corrected chi connectivity index (χ0v) is 6.21. The van der Waals surface area contributed by atoms with Crippen LogP contribution in [0.5, 0.6) is 0 Å². The van der Waals surface area contributed by atoms with Gasteiger partial charge in [-0.05, 0) is 0 Å². The van der Waals surface area contributed by atoms with E-state index in [1.165, 1.54) is 0 Å². The molecule has 1 N–H and O–H groups in total. The standard InChI is InChI=1S/ClHO2.ClH.Na.H/c1-3-2;;;/h2H;1H;;/q;;+1;-1. The normalized spacial score (nSPS) is 3.60. The van der Waals surface area contributed by atoms with Gasteiger partial charge in [0.15, 0.2) is 0 Å². The summed E-state index contributed by atoms with van der Waals surface area (Å²) >= 11 is 4.05. The molecule has 0 aliphatic heterocycles. The van der Waals surface area contributed by atoms with Crippen molar-refractivity contribution in [2.45, 2.75) is 0 Å². The molecule has 0 atom stereocenters. The van der Waals surface area contributed by atoms with Crippen LogP contribution in [0.15, 0.2) is 0 Å². The molecule has 30 valence electrons. The van der Waals surface area contributed by atoms with Crippen molar-refractivity contribution in [3.8, 4) is 0 Å². The van der Waals surface area contributed by atoms with Crippen LogP contribution in [0.2, 0.25) is 0 Å². The molecule has 0 spiro atoms. The van der Waals surface area contributed by atoms with Crippen LogP contribution in [0, 0.1) is 0 Å². The van der Waals surface area contributed by atoms with Crippen LogP contribution in [0.1, 0.15) is 1.43 Å².